The SMILES string of the molecule is C=C(C)COCCC(CCCC(=O)O)(CCOCC(=C)C)C(=O)O. The van der Waals surface area contributed by atoms with Crippen molar-refractivity contribution in [3.8, 4) is 0 Å². The minimum atomic E-state index is -1.04. The summed E-state index contributed by atoms with van der Waals surface area (Å²) in [4.78, 5) is 22.6. The van der Waals surface area contributed by atoms with Gasteiger partial charge in [-0.05, 0) is 39.5 Å². The van der Waals surface area contributed by atoms with Crippen molar-refractivity contribution in [1.29, 1.82) is 0 Å². The highest BCUT2D eigenvalue weighted by molar-refractivity contribution is 5.74. The molecule has 0 aromatic rings. The average Bonchev–Trinajstić information content (AvgIpc) is 2.46. The van der Waals surface area contributed by atoms with E-state index in [1.807, 2.05) is 13.8 Å². The fraction of sp³-hybridized carbons (Fsp3) is 0.667. The van der Waals surface area contributed by atoms with Gasteiger partial charge in [-0.1, -0.05) is 24.3 Å². The molecular weight excluding hydrogens is 312 g/mol. The van der Waals surface area contributed by atoms with Gasteiger partial charge >= 0.3 is 11.9 Å². The van der Waals surface area contributed by atoms with Crippen LogP contribution in [0.2, 0.25) is 0 Å². The van der Waals surface area contributed by atoms with Crippen molar-refractivity contribution in [2.24, 2.45) is 5.41 Å². The molecule has 0 aliphatic heterocycles. The molecule has 0 spiro atoms. The van der Waals surface area contributed by atoms with Gasteiger partial charge in [0.05, 0.1) is 18.6 Å². The fourth-order valence-electron chi connectivity index (χ4n) is 2.30. The number of hydrogen-bond donors (Lipinski definition) is 2. The molecule has 0 saturated heterocycles. The number of rotatable bonds is 15. The van der Waals surface area contributed by atoms with Gasteiger partial charge in [0.2, 0.25) is 0 Å². The molecule has 0 saturated carbocycles. The third-order valence-corrected chi connectivity index (χ3v) is 3.65. The molecule has 0 unspecified atom stereocenters. The van der Waals surface area contributed by atoms with Crippen molar-refractivity contribution in [3.05, 3.63) is 24.3 Å². The summed E-state index contributed by atoms with van der Waals surface area (Å²) in [6, 6.07) is 0. The molecule has 0 fully saturated rings. The van der Waals surface area contributed by atoms with Gasteiger partial charge in [-0.3, -0.25) is 9.59 Å². The molecule has 0 atom stereocenters. The molecule has 24 heavy (non-hydrogen) atoms. The second-order valence-electron chi connectivity index (χ2n) is 6.35. The molecule has 0 aromatic carbocycles. The highest BCUT2D eigenvalue weighted by atomic mass is 16.5. The summed E-state index contributed by atoms with van der Waals surface area (Å²) in [6.07, 6.45) is 1.16. The Kier molecular flexibility index (Phi) is 11.0. The van der Waals surface area contributed by atoms with Crippen molar-refractivity contribution in [2.75, 3.05) is 26.4 Å². The van der Waals surface area contributed by atoms with Gasteiger partial charge < -0.3 is 19.7 Å². The zero-order valence-electron chi connectivity index (χ0n) is 14.8. The van der Waals surface area contributed by atoms with Crippen molar-refractivity contribution >= 4 is 11.9 Å². The molecule has 0 heterocycles. The van der Waals surface area contributed by atoms with Crippen LogP contribution >= 0.6 is 0 Å². The Morgan fingerprint density at radius 1 is 0.917 bits per heavy atom. The van der Waals surface area contributed by atoms with Gasteiger partial charge in [0.15, 0.2) is 0 Å². The summed E-state index contributed by atoms with van der Waals surface area (Å²) >= 11 is 0. The normalized spacial score (nSPS) is 11.2. The molecule has 0 amide bonds. The Labute approximate surface area is 144 Å². The van der Waals surface area contributed by atoms with Gasteiger partial charge in [0.1, 0.15) is 0 Å². The summed E-state index contributed by atoms with van der Waals surface area (Å²) in [7, 11) is 0. The van der Waals surface area contributed by atoms with Crippen LogP contribution in [0.4, 0.5) is 0 Å². The second kappa shape index (κ2) is 11.8. The van der Waals surface area contributed by atoms with Gasteiger partial charge in [-0.2, -0.15) is 0 Å². The predicted octanol–water partition coefficient (Wildman–Crippen LogP) is 3.28. The molecule has 6 heteroatoms. The minimum Gasteiger partial charge on any atom is -0.481 e. The number of carboxylic acids is 2. The first-order valence-corrected chi connectivity index (χ1v) is 8.09. The topological polar surface area (TPSA) is 93.1 Å². The first-order valence-electron chi connectivity index (χ1n) is 8.09. The maximum Gasteiger partial charge on any atom is 0.309 e. The van der Waals surface area contributed by atoms with E-state index in [4.69, 9.17) is 14.6 Å². The zero-order chi connectivity index (χ0) is 18.6. The quantitative estimate of drug-likeness (QED) is 0.350. The molecule has 0 aliphatic rings. The third-order valence-electron chi connectivity index (χ3n) is 3.65. The molecule has 0 radical (unpaired) electrons. The fourth-order valence-corrected chi connectivity index (χ4v) is 2.30. The molecular formula is C18H30O6. The lowest BCUT2D eigenvalue weighted by molar-refractivity contribution is -0.153. The van der Waals surface area contributed by atoms with E-state index in [0.29, 0.717) is 32.5 Å². The van der Waals surface area contributed by atoms with Crippen LogP contribution in [-0.4, -0.2) is 48.6 Å². The third kappa shape index (κ3) is 10.2. The van der Waals surface area contributed by atoms with Crippen LogP contribution in [-0.2, 0) is 19.1 Å². The van der Waals surface area contributed by atoms with Crippen LogP contribution in [0, 0.1) is 5.41 Å². The highest BCUT2D eigenvalue weighted by Gasteiger charge is 2.37. The van der Waals surface area contributed by atoms with E-state index < -0.39 is 17.4 Å². The summed E-state index contributed by atoms with van der Waals surface area (Å²) < 4.78 is 10.9. The van der Waals surface area contributed by atoms with Crippen molar-refractivity contribution in [3.63, 3.8) is 0 Å². The Balaban J connectivity index is 4.74. The number of ether oxygens (including phenoxy) is 2. The Morgan fingerprint density at radius 2 is 1.38 bits per heavy atom. The largest absolute Gasteiger partial charge is 0.481 e. The summed E-state index contributed by atoms with van der Waals surface area (Å²) in [5, 5.41) is 18.5. The van der Waals surface area contributed by atoms with E-state index >= 15 is 0 Å². The maximum absolute atomic E-state index is 11.9. The highest BCUT2D eigenvalue weighted by Crippen LogP contribution is 2.34. The Hall–Kier alpha value is -1.66. The summed E-state index contributed by atoms with van der Waals surface area (Å²) in [5.74, 6) is -1.86. The van der Waals surface area contributed by atoms with Crippen LogP contribution in [0.25, 0.3) is 0 Å². The van der Waals surface area contributed by atoms with E-state index in [1.165, 1.54) is 0 Å². The van der Waals surface area contributed by atoms with E-state index in [-0.39, 0.29) is 26.1 Å². The van der Waals surface area contributed by atoms with Crippen LogP contribution in [0.5, 0.6) is 0 Å². The molecule has 0 bridgehead atoms. The molecule has 6 nitrogen and oxygen atoms in total. The molecule has 0 aliphatic carbocycles. The lowest BCUT2D eigenvalue weighted by Crippen LogP contribution is -2.34. The lowest BCUT2D eigenvalue weighted by atomic mass is 9.77. The molecule has 0 aromatic heterocycles. The Bertz CT molecular complexity index is 419. The van der Waals surface area contributed by atoms with Crippen molar-refractivity contribution in [2.45, 2.75) is 46.0 Å². The van der Waals surface area contributed by atoms with Gasteiger partial charge in [0.25, 0.3) is 0 Å². The minimum absolute atomic E-state index is 0.0473. The average molecular weight is 342 g/mol. The van der Waals surface area contributed by atoms with Crippen LogP contribution < -0.4 is 0 Å². The van der Waals surface area contributed by atoms with E-state index in [9.17, 15) is 14.7 Å². The molecule has 2 N–H and O–H groups in total. The van der Waals surface area contributed by atoms with Gasteiger partial charge in [-0.25, -0.2) is 0 Å². The van der Waals surface area contributed by atoms with Crippen LogP contribution in [0.1, 0.15) is 46.0 Å². The molecule has 138 valence electrons. The first kappa shape index (κ1) is 22.3. The number of hydrogen-bond acceptors (Lipinski definition) is 4. The second-order valence-corrected chi connectivity index (χ2v) is 6.35. The monoisotopic (exact) mass is 342 g/mol. The predicted molar refractivity (Wildman–Crippen MR) is 92.1 cm³/mol. The molecule has 0 rings (SSSR count). The van der Waals surface area contributed by atoms with Crippen LogP contribution in [0.15, 0.2) is 24.3 Å². The van der Waals surface area contributed by atoms with Crippen molar-refractivity contribution in [1.82, 2.24) is 0 Å². The smallest absolute Gasteiger partial charge is 0.309 e. The number of carbonyl (C=O) groups is 2. The first-order chi connectivity index (χ1) is 11.2. The standard InChI is InChI=1S/C18H30O6/c1-14(2)12-23-10-8-18(17(21)22,7-5-6-16(19)20)9-11-24-13-15(3)4/h1,3,5-13H2,2,4H3,(H,19,20)(H,21,22). The Morgan fingerprint density at radius 3 is 1.71 bits per heavy atom. The van der Waals surface area contributed by atoms with E-state index in [1.54, 1.807) is 0 Å². The van der Waals surface area contributed by atoms with E-state index in [2.05, 4.69) is 13.2 Å². The van der Waals surface area contributed by atoms with Gasteiger partial charge in [0, 0.05) is 19.6 Å². The zero-order valence-corrected chi connectivity index (χ0v) is 14.8. The summed E-state index contributed by atoms with van der Waals surface area (Å²) in [5.41, 5.74) is 0.692. The van der Waals surface area contributed by atoms with Gasteiger partial charge in [-0.15, -0.1) is 0 Å². The lowest BCUT2D eigenvalue weighted by Gasteiger charge is -2.29. The van der Waals surface area contributed by atoms with Crippen LogP contribution in [0.3, 0.4) is 0 Å². The van der Waals surface area contributed by atoms with E-state index in [0.717, 1.165) is 11.1 Å². The number of aliphatic carboxylic acids is 2. The van der Waals surface area contributed by atoms with Crippen molar-refractivity contribution < 1.29 is 29.3 Å². The number of carboxylic acid groups (broad SMARTS) is 2. The summed E-state index contributed by atoms with van der Waals surface area (Å²) in [6.45, 7) is 12.5. The maximum atomic E-state index is 11.9.